The SMILES string of the molecule is COCCN(Cc1ccoc1)C(=O)[C@H]1CC=CCC1. The van der Waals surface area contributed by atoms with E-state index in [4.69, 9.17) is 9.15 Å². The van der Waals surface area contributed by atoms with Crippen LogP contribution < -0.4 is 0 Å². The minimum Gasteiger partial charge on any atom is -0.472 e. The van der Waals surface area contributed by atoms with Crippen molar-refractivity contribution in [3.05, 3.63) is 36.3 Å². The number of methoxy groups -OCH3 is 1. The van der Waals surface area contributed by atoms with Crippen molar-refractivity contribution < 1.29 is 13.9 Å². The van der Waals surface area contributed by atoms with Crippen LogP contribution in [0.3, 0.4) is 0 Å². The summed E-state index contributed by atoms with van der Waals surface area (Å²) in [5.74, 6) is 0.344. The van der Waals surface area contributed by atoms with Crippen molar-refractivity contribution in [1.82, 2.24) is 4.90 Å². The minimum atomic E-state index is 0.119. The first-order valence-electron chi connectivity index (χ1n) is 6.75. The summed E-state index contributed by atoms with van der Waals surface area (Å²) in [5, 5.41) is 0. The second kappa shape index (κ2) is 7.14. The molecule has 0 bridgehead atoms. The summed E-state index contributed by atoms with van der Waals surface area (Å²) < 4.78 is 10.2. The van der Waals surface area contributed by atoms with Gasteiger partial charge in [-0.25, -0.2) is 0 Å². The lowest BCUT2D eigenvalue weighted by atomic mass is 9.93. The summed E-state index contributed by atoms with van der Waals surface area (Å²) in [6.45, 7) is 1.78. The molecular formula is C15H21NO3. The number of allylic oxidation sites excluding steroid dienone is 2. The van der Waals surface area contributed by atoms with E-state index in [2.05, 4.69) is 12.2 Å². The molecule has 104 valence electrons. The highest BCUT2D eigenvalue weighted by Crippen LogP contribution is 2.21. The topological polar surface area (TPSA) is 42.7 Å². The van der Waals surface area contributed by atoms with Crippen LogP contribution in [0.25, 0.3) is 0 Å². The van der Waals surface area contributed by atoms with E-state index in [0.717, 1.165) is 24.8 Å². The molecule has 0 aliphatic heterocycles. The number of furan rings is 1. The summed E-state index contributed by atoms with van der Waals surface area (Å²) >= 11 is 0. The van der Waals surface area contributed by atoms with Crippen LogP contribution in [0.2, 0.25) is 0 Å². The Balaban J connectivity index is 1.99. The van der Waals surface area contributed by atoms with Gasteiger partial charge in [0.2, 0.25) is 5.91 Å². The number of carbonyl (C=O) groups excluding carboxylic acids is 1. The molecule has 19 heavy (non-hydrogen) atoms. The third-order valence-electron chi connectivity index (χ3n) is 3.45. The van der Waals surface area contributed by atoms with Gasteiger partial charge in [0.1, 0.15) is 0 Å². The molecule has 4 heteroatoms. The molecule has 0 spiro atoms. The first-order chi connectivity index (χ1) is 9.31. The van der Waals surface area contributed by atoms with Crippen molar-refractivity contribution in [2.45, 2.75) is 25.8 Å². The molecule has 1 heterocycles. The maximum atomic E-state index is 12.5. The Hall–Kier alpha value is -1.55. The molecule has 0 radical (unpaired) electrons. The highest BCUT2D eigenvalue weighted by molar-refractivity contribution is 5.79. The Bertz CT molecular complexity index is 411. The summed E-state index contributed by atoms with van der Waals surface area (Å²) in [6.07, 6.45) is 10.4. The van der Waals surface area contributed by atoms with E-state index >= 15 is 0 Å². The highest BCUT2D eigenvalue weighted by atomic mass is 16.5. The Morgan fingerprint density at radius 3 is 3.05 bits per heavy atom. The maximum Gasteiger partial charge on any atom is 0.226 e. The zero-order chi connectivity index (χ0) is 13.5. The van der Waals surface area contributed by atoms with E-state index < -0.39 is 0 Å². The highest BCUT2D eigenvalue weighted by Gasteiger charge is 2.24. The summed E-state index contributed by atoms with van der Waals surface area (Å²) in [5.41, 5.74) is 1.02. The largest absolute Gasteiger partial charge is 0.472 e. The number of nitrogens with zero attached hydrogens (tertiary/aromatic N) is 1. The standard InChI is InChI=1S/C15H21NO3/c1-18-10-8-16(11-13-7-9-19-12-13)15(17)14-5-3-2-4-6-14/h2-3,7,9,12,14H,4-6,8,10-11H2,1H3/t14-/m0/s1. The lowest BCUT2D eigenvalue weighted by molar-refractivity contribution is -0.137. The van der Waals surface area contributed by atoms with Crippen molar-refractivity contribution in [3.8, 4) is 0 Å². The molecule has 1 amide bonds. The Kier molecular flexibility index (Phi) is 5.21. The van der Waals surface area contributed by atoms with Gasteiger partial charge in [-0.1, -0.05) is 12.2 Å². The zero-order valence-corrected chi connectivity index (χ0v) is 11.4. The smallest absolute Gasteiger partial charge is 0.226 e. The molecule has 0 fully saturated rings. The van der Waals surface area contributed by atoms with Gasteiger partial charge in [0.15, 0.2) is 0 Å². The maximum absolute atomic E-state index is 12.5. The van der Waals surface area contributed by atoms with E-state index in [-0.39, 0.29) is 11.8 Å². The zero-order valence-electron chi connectivity index (χ0n) is 11.4. The molecule has 0 N–H and O–H groups in total. The molecule has 0 aromatic carbocycles. The van der Waals surface area contributed by atoms with Crippen molar-refractivity contribution in [1.29, 1.82) is 0 Å². The third-order valence-corrected chi connectivity index (χ3v) is 3.45. The number of hydrogen-bond acceptors (Lipinski definition) is 3. The lowest BCUT2D eigenvalue weighted by Crippen LogP contribution is -2.38. The summed E-state index contributed by atoms with van der Waals surface area (Å²) in [6, 6.07) is 1.90. The van der Waals surface area contributed by atoms with Gasteiger partial charge in [0, 0.05) is 31.7 Å². The second-order valence-corrected chi connectivity index (χ2v) is 4.87. The molecule has 0 saturated carbocycles. The summed E-state index contributed by atoms with van der Waals surface area (Å²) in [4.78, 5) is 14.4. The van der Waals surface area contributed by atoms with Crippen LogP contribution in [0.1, 0.15) is 24.8 Å². The van der Waals surface area contributed by atoms with Crippen molar-refractivity contribution in [2.75, 3.05) is 20.3 Å². The number of rotatable bonds is 6. The second-order valence-electron chi connectivity index (χ2n) is 4.87. The fourth-order valence-electron chi connectivity index (χ4n) is 2.35. The van der Waals surface area contributed by atoms with E-state index in [0.29, 0.717) is 19.7 Å². The predicted molar refractivity (Wildman–Crippen MR) is 72.5 cm³/mol. The van der Waals surface area contributed by atoms with Crippen LogP contribution in [0.4, 0.5) is 0 Å². The van der Waals surface area contributed by atoms with Gasteiger partial charge in [-0.05, 0) is 25.3 Å². The van der Waals surface area contributed by atoms with Gasteiger partial charge in [0.05, 0.1) is 19.1 Å². The van der Waals surface area contributed by atoms with Gasteiger partial charge >= 0.3 is 0 Å². The number of ether oxygens (including phenoxy) is 1. The Morgan fingerprint density at radius 2 is 2.42 bits per heavy atom. The van der Waals surface area contributed by atoms with Gasteiger partial charge in [-0.15, -0.1) is 0 Å². The van der Waals surface area contributed by atoms with Crippen molar-refractivity contribution in [3.63, 3.8) is 0 Å². The first-order valence-corrected chi connectivity index (χ1v) is 6.75. The molecule has 1 aliphatic rings. The molecule has 2 rings (SSSR count). The predicted octanol–water partition coefficient (Wildman–Crippen LogP) is 2.61. The molecule has 0 unspecified atom stereocenters. The number of carbonyl (C=O) groups is 1. The molecule has 0 saturated heterocycles. The van der Waals surface area contributed by atoms with Crippen LogP contribution in [0.5, 0.6) is 0 Å². The van der Waals surface area contributed by atoms with E-state index in [1.54, 1.807) is 19.6 Å². The van der Waals surface area contributed by atoms with Gasteiger partial charge in [0.25, 0.3) is 0 Å². The van der Waals surface area contributed by atoms with E-state index in [1.165, 1.54) is 0 Å². The quantitative estimate of drug-likeness (QED) is 0.741. The third kappa shape index (κ3) is 3.96. The van der Waals surface area contributed by atoms with Crippen LogP contribution in [0.15, 0.2) is 35.2 Å². The van der Waals surface area contributed by atoms with Gasteiger partial charge in [-0.2, -0.15) is 0 Å². The molecule has 1 aliphatic carbocycles. The van der Waals surface area contributed by atoms with Crippen LogP contribution in [0, 0.1) is 5.92 Å². The van der Waals surface area contributed by atoms with Crippen LogP contribution in [-0.4, -0.2) is 31.1 Å². The van der Waals surface area contributed by atoms with E-state index in [1.807, 2.05) is 11.0 Å². The normalized spacial score (nSPS) is 18.5. The molecule has 1 atom stereocenters. The molecule has 1 aromatic rings. The average molecular weight is 263 g/mol. The monoisotopic (exact) mass is 263 g/mol. The first kappa shape index (κ1) is 13.9. The lowest BCUT2D eigenvalue weighted by Gasteiger charge is -2.27. The average Bonchev–Trinajstić information content (AvgIpc) is 2.96. The number of hydrogen-bond donors (Lipinski definition) is 0. The Morgan fingerprint density at radius 1 is 1.53 bits per heavy atom. The fraction of sp³-hybridized carbons (Fsp3) is 0.533. The van der Waals surface area contributed by atoms with Crippen molar-refractivity contribution in [2.24, 2.45) is 5.92 Å². The summed E-state index contributed by atoms with van der Waals surface area (Å²) in [7, 11) is 1.66. The van der Waals surface area contributed by atoms with Gasteiger partial charge in [-0.3, -0.25) is 4.79 Å². The molecule has 1 aromatic heterocycles. The molecule has 4 nitrogen and oxygen atoms in total. The van der Waals surface area contributed by atoms with E-state index in [9.17, 15) is 4.79 Å². The molecular weight excluding hydrogens is 242 g/mol. The fourth-order valence-corrected chi connectivity index (χ4v) is 2.35. The van der Waals surface area contributed by atoms with Gasteiger partial charge < -0.3 is 14.1 Å². The minimum absolute atomic E-state index is 0.119. The number of amides is 1. The van der Waals surface area contributed by atoms with Crippen LogP contribution in [-0.2, 0) is 16.1 Å². The Labute approximate surface area is 114 Å². The van der Waals surface area contributed by atoms with Crippen LogP contribution >= 0.6 is 0 Å². The van der Waals surface area contributed by atoms with Crippen molar-refractivity contribution >= 4 is 5.91 Å².